The van der Waals surface area contributed by atoms with Crippen molar-refractivity contribution in [3.63, 3.8) is 0 Å². The summed E-state index contributed by atoms with van der Waals surface area (Å²) in [5.74, 6) is 5.05. The summed E-state index contributed by atoms with van der Waals surface area (Å²) in [5, 5.41) is 3.26. The first kappa shape index (κ1) is 12.8. The van der Waals surface area contributed by atoms with Crippen molar-refractivity contribution in [1.82, 2.24) is 10.3 Å². The van der Waals surface area contributed by atoms with Crippen LogP contribution in [0.25, 0.3) is 0 Å². The van der Waals surface area contributed by atoms with Crippen LogP contribution in [0.4, 0.5) is 13.2 Å². The minimum atomic E-state index is -4.46. The monoisotopic (exact) mass is 209 g/mol. The molecule has 0 aliphatic heterocycles. The maximum Gasteiger partial charge on any atom is 0.420 e. The summed E-state index contributed by atoms with van der Waals surface area (Å²) in [5.41, 5.74) is -0.927. The normalized spacial score (nSPS) is 13.4. The standard InChI is InChI=1S/C8H14F3N3/c1-5(2)6(8(9,10)11)7(13-3)14(4)12/h13H,1,12H2,2-4H3/b7-6+. The summed E-state index contributed by atoms with van der Waals surface area (Å²) >= 11 is 0. The molecule has 0 radical (unpaired) electrons. The molecule has 0 saturated carbocycles. The average Bonchev–Trinajstić information content (AvgIpc) is 1.95. The van der Waals surface area contributed by atoms with Gasteiger partial charge in [-0.3, -0.25) is 5.01 Å². The molecule has 0 rings (SSSR count). The van der Waals surface area contributed by atoms with Gasteiger partial charge in [0, 0.05) is 14.1 Å². The van der Waals surface area contributed by atoms with Crippen molar-refractivity contribution >= 4 is 0 Å². The van der Waals surface area contributed by atoms with Crippen molar-refractivity contribution in [1.29, 1.82) is 0 Å². The maximum atomic E-state index is 12.5. The molecule has 0 aliphatic carbocycles. The van der Waals surface area contributed by atoms with E-state index < -0.39 is 11.7 Å². The van der Waals surface area contributed by atoms with Crippen LogP contribution in [0.1, 0.15) is 6.92 Å². The summed E-state index contributed by atoms with van der Waals surface area (Å²) in [6.45, 7) is 4.55. The fourth-order valence-electron chi connectivity index (χ4n) is 1.06. The number of allylic oxidation sites excluding steroid dienone is 2. The molecular weight excluding hydrogens is 195 g/mol. The fraction of sp³-hybridized carbons (Fsp3) is 0.500. The van der Waals surface area contributed by atoms with E-state index in [-0.39, 0.29) is 11.4 Å². The molecular formula is C8H14F3N3. The molecule has 0 aromatic heterocycles. The Kier molecular flexibility index (Phi) is 4.00. The van der Waals surface area contributed by atoms with E-state index in [2.05, 4.69) is 11.9 Å². The SMILES string of the molecule is C=C(C)/C(=C(/NC)N(C)N)C(F)(F)F. The largest absolute Gasteiger partial charge is 0.420 e. The Labute approximate surface area is 81.0 Å². The zero-order chi connectivity index (χ0) is 11.5. The second-order valence-electron chi connectivity index (χ2n) is 2.86. The number of halogens is 3. The van der Waals surface area contributed by atoms with Crippen LogP contribution in [0.3, 0.4) is 0 Å². The highest BCUT2D eigenvalue weighted by Crippen LogP contribution is 2.32. The van der Waals surface area contributed by atoms with Gasteiger partial charge in [0.2, 0.25) is 0 Å². The van der Waals surface area contributed by atoms with Gasteiger partial charge in [0.1, 0.15) is 5.82 Å². The van der Waals surface area contributed by atoms with Gasteiger partial charge < -0.3 is 5.32 Å². The van der Waals surface area contributed by atoms with E-state index in [0.717, 1.165) is 5.01 Å². The van der Waals surface area contributed by atoms with Crippen LogP contribution in [0.15, 0.2) is 23.5 Å². The van der Waals surface area contributed by atoms with Crippen molar-refractivity contribution in [2.75, 3.05) is 14.1 Å². The van der Waals surface area contributed by atoms with Gasteiger partial charge in [-0.05, 0) is 12.5 Å². The van der Waals surface area contributed by atoms with Gasteiger partial charge in [-0.1, -0.05) is 6.58 Å². The Balaban J connectivity index is 5.45. The average molecular weight is 209 g/mol. The third kappa shape index (κ3) is 2.95. The highest BCUT2D eigenvalue weighted by atomic mass is 19.4. The lowest BCUT2D eigenvalue weighted by Crippen LogP contribution is -2.36. The van der Waals surface area contributed by atoms with Crippen LogP contribution >= 0.6 is 0 Å². The highest BCUT2D eigenvalue weighted by Gasteiger charge is 2.37. The quantitative estimate of drug-likeness (QED) is 0.419. The predicted octanol–water partition coefficient (Wildman–Crippen LogP) is 1.36. The molecule has 0 aromatic carbocycles. The van der Waals surface area contributed by atoms with E-state index in [4.69, 9.17) is 5.84 Å². The summed E-state index contributed by atoms with van der Waals surface area (Å²) in [6.07, 6.45) is -4.46. The van der Waals surface area contributed by atoms with Gasteiger partial charge in [0.25, 0.3) is 0 Å². The van der Waals surface area contributed by atoms with Gasteiger partial charge >= 0.3 is 6.18 Å². The molecule has 0 aliphatic rings. The third-order valence-electron chi connectivity index (χ3n) is 1.54. The van der Waals surface area contributed by atoms with Gasteiger partial charge in [0.05, 0.1) is 5.57 Å². The number of hydrogen-bond donors (Lipinski definition) is 2. The molecule has 82 valence electrons. The number of alkyl halides is 3. The van der Waals surface area contributed by atoms with E-state index in [0.29, 0.717) is 0 Å². The zero-order valence-electron chi connectivity index (χ0n) is 8.37. The molecule has 6 heteroatoms. The van der Waals surface area contributed by atoms with Crippen molar-refractivity contribution in [3.05, 3.63) is 23.5 Å². The van der Waals surface area contributed by atoms with Crippen molar-refractivity contribution < 1.29 is 13.2 Å². The third-order valence-corrected chi connectivity index (χ3v) is 1.54. The summed E-state index contributed by atoms with van der Waals surface area (Å²) in [4.78, 5) is 0. The summed E-state index contributed by atoms with van der Waals surface area (Å²) < 4.78 is 37.6. The Hall–Kier alpha value is -1.17. The lowest BCUT2D eigenvalue weighted by atomic mass is 10.1. The Bertz CT molecular complexity index is 253. The van der Waals surface area contributed by atoms with Crippen LogP contribution in [0, 0.1) is 0 Å². The Morgan fingerprint density at radius 3 is 1.93 bits per heavy atom. The number of rotatable bonds is 3. The van der Waals surface area contributed by atoms with Crippen LogP contribution in [-0.4, -0.2) is 25.3 Å². The van der Waals surface area contributed by atoms with Gasteiger partial charge in [0.15, 0.2) is 0 Å². The number of nitrogens with two attached hydrogens (primary N) is 1. The van der Waals surface area contributed by atoms with E-state index in [9.17, 15) is 13.2 Å². The van der Waals surface area contributed by atoms with Gasteiger partial charge in [-0.25, -0.2) is 5.84 Å². The molecule has 0 fully saturated rings. The maximum absolute atomic E-state index is 12.5. The number of nitrogens with one attached hydrogen (secondary N) is 1. The lowest BCUT2D eigenvalue weighted by molar-refractivity contribution is -0.0916. The first-order valence-corrected chi connectivity index (χ1v) is 3.85. The lowest BCUT2D eigenvalue weighted by Gasteiger charge is -2.22. The molecule has 0 heterocycles. The van der Waals surface area contributed by atoms with E-state index >= 15 is 0 Å². The first-order chi connectivity index (χ1) is 6.21. The van der Waals surface area contributed by atoms with Crippen LogP contribution in [-0.2, 0) is 0 Å². The molecule has 14 heavy (non-hydrogen) atoms. The van der Waals surface area contributed by atoms with Crippen molar-refractivity contribution in [2.45, 2.75) is 13.1 Å². The molecule has 0 spiro atoms. The highest BCUT2D eigenvalue weighted by molar-refractivity contribution is 5.34. The first-order valence-electron chi connectivity index (χ1n) is 3.85. The number of hydrazine groups is 1. The van der Waals surface area contributed by atoms with E-state index in [1.807, 2.05) is 0 Å². The van der Waals surface area contributed by atoms with Gasteiger partial charge in [-0.2, -0.15) is 13.2 Å². The van der Waals surface area contributed by atoms with Crippen LogP contribution in [0.2, 0.25) is 0 Å². The van der Waals surface area contributed by atoms with Crippen molar-refractivity contribution in [3.8, 4) is 0 Å². The molecule has 0 bridgehead atoms. The van der Waals surface area contributed by atoms with E-state index in [1.165, 1.54) is 21.0 Å². The molecule has 3 N–H and O–H groups in total. The van der Waals surface area contributed by atoms with E-state index in [1.54, 1.807) is 0 Å². The minimum absolute atomic E-state index is 0.0841. The molecule has 0 unspecified atom stereocenters. The molecule has 0 amide bonds. The Morgan fingerprint density at radius 2 is 1.86 bits per heavy atom. The number of hydrogen-bond acceptors (Lipinski definition) is 3. The summed E-state index contributed by atoms with van der Waals surface area (Å²) in [6, 6.07) is 0. The van der Waals surface area contributed by atoms with Crippen LogP contribution < -0.4 is 11.2 Å². The zero-order valence-corrected chi connectivity index (χ0v) is 8.37. The van der Waals surface area contributed by atoms with Crippen molar-refractivity contribution in [2.24, 2.45) is 5.84 Å². The minimum Gasteiger partial charge on any atom is -0.373 e. The molecule has 0 saturated heterocycles. The molecule has 0 atom stereocenters. The second kappa shape index (κ2) is 4.36. The second-order valence-corrected chi connectivity index (χ2v) is 2.86. The Morgan fingerprint density at radius 1 is 1.43 bits per heavy atom. The van der Waals surface area contributed by atoms with Gasteiger partial charge in [-0.15, -0.1) is 0 Å². The predicted molar refractivity (Wildman–Crippen MR) is 48.9 cm³/mol. The fourth-order valence-corrected chi connectivity index (χ4v) is 1.06. The smallest absolute Gasteiger partial charge is 0.373 e. The molecule has 0 aromatic rings. The van der Waals surface area contributed by atoms with Crippen LogP contribution in [0.5, 0.6) is 0 Å². The topological polar surface area (TPSA) is 41.3 Å². The molecule has 3 nitrogen and oxygen atoms in total. The summed E-state index contributed by atoms with van der Waals surface area (Å²) in [7, 11) is 2.69. The number of nitrogens with zero attached hydrogens (tertiary/aromatic N) is 1.